The third-order valence-electron chi connectivity index (χ3n) is 4.76. The van der Waals surface area contributed by atoms with Crippen molar-refractivity contribution in [1.29, 1.82) is 0 Å². The van der Waals surface area contributed by atoms with E-state index in [-0.39, 0.29) is 5.91 Å². The van der Waals surface area contributed by atoms with Crippen LogP contribution >= 0.6 is 0 Å². The van der Waals surface area contributed by atoms with Crippen LogP contribution in [0.15, 0.2) is 48.7 Å². The Kier molecular flexibility index (Phi) is 5.08. The van der Waals surface area contributed by atoms with E-state index in [0.717, 1.165) is 23.9 Å². The maximum Gasteiger partial charge on any atom is 0.256 e. The summed E-state index contributed by atoms with van der Waals surface area (Å²) in [6.07, 6.45) is 1.68. The highest BCUT2D eigenvalue weighted by Gasteiger charge is 2.19. The number of carbonyl (C=O) groups excluding carboxylic acids is 1. The van der Waals surface area contributed by atoms with Crippen LogP contribution in [0.25, 0.3) is 10.8 Å². The van der Waals surface area contributed by atoms with Crippen LogP contribution in [0.4, 0.5) is 17.5 Å². The van der Waals surface area contributed by atoms with Crippen molar-refractivity contribution in [2.45, 2.75) is 0 Å². The molecule has 1 aromatic heterocycles. The fourth-order valence-electron chi connectivity index (χ4n) is 3.32. The molecule has 4 rings (SSSR count). The van der Waals surface area contributed by atoms with Gasteiger partial charge in [-0.05, 0) is 16.8 Å². The molecule has 0 bridgehead atoms. The molecule has 0 radical (unpaired) electrons. The molecule has 1 fully saturated rings. The van der Waals surface area contributed by atoms with Gasteiger partial charge in [0.1, 0.15) is 5.69 Å². The van der Waals surface area contributed by atoms with E-state index in [1.807, 2.05) is 61.5 Å². The monoisotopic (exact) mass is 377 g/mol. The lowest BCUT2D eigenvalue weighted by Crippen LogP contribution is -2.37. The van der Waals surface area contributed by atoms with Crippen molar-refractivity contribution >= 4 is 34.1 Å². The average molecular weight is 377 g/mol. The molecule has 1 N–H and O–H groups in total. The van der Waals surface area contributed by atoms with E-state index < -0.39 is 0 Å². The molecule has 2 heterocycles. The normalized spacial score (nSPS) is 14.1. The highest BCUT2D eigenvalue weighted by Crippen LogP contribution is 2.26. The summed E-state index contributed by atoms with van der Waals surface area (Å²) in [7, 11) is 3.80. The third kappa shape index (κ3) is 3.61. The zero-order valence-corrected chi connectivity index (χ0v) is 16.1. The van der Waals surface area contributed by atoms with E-state index in [0.29, 0.717) is 36.2 Å². The second kappa shape index (κ2) is 7.82. The zero-order valence-electron chi connectivity index (χ0n) is 16.1. The number of ether oxygens (including phenoxy) is 1. The minimum Gasteiger partial charge on any atom is -0.378 e. The SMILES string of the molecule is CN(C)c1nc(N2CCOCC2)ncc1NC(=O)c1cccc2ccccc12. The average Bonchev–Trinajstić information content (AvgIpc) is 2.74. The van der Waals surface area contributed by atoms with E-state index in [2.05, 4.69) is 20.2 Å². The predicted molar refractivity (Wildman–Crippen MR) is 111 cm³/mol. The summed E-state index contributed by atoms with van der Waals surface area (Å²) >= 11 is 0. The van der Waals surface area contributed by atoms with E-state index in [4.69, 9.17) is 4.74 Å². The number of nitrogens with zero attached hydrogens (tertiary/aromatic N) is 4. The summed E-state index contributed by atoms with van der Waals surface area (Å²) in [5, 5.41) is 4.93. The molecular weight excluding hydrogens is 354 g/mol. The Balaban J connectivity index is 1.64. The lowest BCUT2D eigenvalue weighted by Gasteiger charge is -2.28. The first kappa shape index (κ1) is 18.2. The second-order valence-electron chi connectivity index (χ2n) is 6.88. The van der Waals surface area contributed by atoms with Crippen LogP contribution in [0.2, 0.25) is 0 Å². The Morgan fingerprint density at radius 1 is 1.11 bits per heavy atom. The summed E-state index contributed by atoms with van der Waals surface area (Å²) in [5.41, 5.74) is 1.21. The molecular formula is C21H23N5O2. The van der Waals surface area contributed by atoms with Crippen LogP contribution in [0.1, 0.15) is 10.4 Å². The number of amides is 1. The minimum absolute atomic E-state index is 0.178. The van der Waals surface area contributed by atoms with E-state index >= 15 is 0 Å². The highest BCUT2D eigenvalue weighted by atomic mass is 16.5. The predicted octanol–water partition coefficient (Wildman–Crippen LogP) is 2.78. The van der Waals surface area contributed by atoms with Crippen molar-refractivity contribution in [3.8, 4) is 0 Å². The van der Waals surface area contributed by atoms with Gasteiger partial charge < -0.3 is 19.9 Å². The maximum absolute atomic E-state index is 13.0. The molecule has 0 unspecified atom stereocenters. The number of rotatable bonds is 4. The van der Waals surface area contributed by atoms with Crippen LogP contribution in [-0.4, -0.2) is 56.3 Å². The van der Waals surface area contributed by atoms with Gasteiger partial charge in [-0.1, -0.05) is 36.4 Å². The smallest absolute Gasteiger partial charge is 0.256 e. The van der Waals surface area contributed by atoms with Gasteiger partial charge in [0, 0.05) is 32.7 Å². The van der Waals surface area contributed by atoms with Crippen molar-refractivity contribution in [2.24, 2.45) is 0 Å². The van der Waals surface area contributed by atoms with Crippen molar-refractivity contribution in [3.63, 3.8) is 0 Å². The molecule has 0 atom stereocenters. The largest absolute Gasteiger partial charge is 0.378 e. The van der Waals surface area contributed by atoms with Gasteiger partial charge in [0.2, 0.25) is 5.95 Å². The van der Waals surface area contributed by atoms with E-state index in [1.165, 1.54) is 0 Å². The number of benzene rings is 2. The van der Waals surface area contributed by atoms with Gasteiger partial charge in [-0.25, -0.2) is 4.98 Å². The van der Waals surface area contributed by atoms with Crippen molar-refractivity contribution in [1.82, 2.24) is 9.97 Å². The minimum atomic E-state index is -0.178. The number of hydrogen-bond donors (Lipinski definition) is 1. The van der Waals surface area contributed by atoms with Crippen molar-refractivity contribution in [2.75, 3.05) is 55.5 Å². The number of nitrogens with one attached hydrogen (secondary N) is 1. The second-order valence-corrected chi connectivity index (χ2v) is 6.88. The molecule has 7 heteroatoms. The first-order valence-corrected chi connectivity index (χ1v) is 9.29. The fourth-order valence-corrected chi connectivity index (χ4v) is 3.32. The molecule has 2 aromatic carbocycles. The van der Waals surface area contributed by atoms with Gasteiger partial charge in [0.25, 0.3) is 5.91 Å². The number of aromatic nitrogens is 2. The van der Waals surface area contributed by atoms with E-state index in [1.54, 1.807) is 6.20 Å². The first-order valence-electron chi connectivity index (χ1n) is 9.29. The Hall–Kier alpha value is -3.19. The summed E-state index contributed by atoms with van der Waals surface area (Å²) in [6.45, 7) is 2.85. The summed E-state index contributed by atoms with van der Waals surface area (Å²) in [6, 6.07) is 13.6. The molecule has 144 valence electrons. The fraction of sp³-hybridized carbons (Fsp3) is 0.286. The molecule has 1 aliphatic heterocycles. The van der Waals surface area contributed by atoms with Gasteiger partial charge >= 0.3 is 0 Å². The van der Waals surface area contributed by atoms with Crippen LogP contribution in [0.5, 0.6) is 0 Å². The lowest BCUT2D eigenvalue weighted by molar-refractivity contribution is 0.102. The van der Waals surface area contributed by atoms with Crippen molar-refractivity contribution < 1.29 is 9.53 Å². The molecule has 0 saturated carbocycles. The van der Waals surface area contributed by atoms with E-state index in [9.17, 15) is 4.79 Å². The summed E-state index contributed by atoms with van der Waals surface area (Å²) in [5.74, 6) is 1.14. The van der Waals surface area contributed by atoms with Gasteiger partial charge in [0.15, 0.2) is 5.82 Å². The standard InChI is InChI=1S/C21H23N5O2/c1-25(2)19-18(14-22-21(24-19)26-10-12-28-13-11-26)23-20(27)17-9-5-7-15-6-3-4-8-16(15)17/h3-9,14H,10-13H2,1-2H3,(H,23,27). The molecule has 7 nitrogen and oxygen atoms in total. The Morgan fingerprint density at radius 2 is 1.86 bits per heavy atom. The molecule has 1 aliphatic rings. The van der Waals surface area contributed by atoms with Crippen LogP contribution in [0.3, 0.4) is 0 Å². The molecule has 28 heavy (non-hydrogen) atoms. The van der Waals surface area contributed by atoms with Gasteiger partial charge in [0.05, 0.1) is 19.4 Å². The van der Waals surface area contributed by atoms with Crippen LogP contribution < -0.4 is 15.1 Å². The molecule has 0 aliphatic carbocycles. The highest BCUT2D eigenvalue weighted by molar-refractivity contribution is 6.13. The first-order chi connectivity index (χ1) is 13.6. The van der Waals surface area contributed by atoms with Crippen LogP contribution in [0, 0.1) is 0 Å². The quantitative estimate of drug-likeness (QED) is 0.754. The third-order valence-corrected chi connectivity index (χ3v) is 4.76. The maximum atomic E-state index is 13.0. The number of anilines is 3. The summed E-state index contributed by atoms with van der Waals surface area (Å²) < 4.78 is 5.39. The van der Waals surface area contributed by atoms with Crippen molar-refractivity contribution in [3.05, 3.63) is 54.2 Å². The van der Waals surface area contributed by atoms with Gasteiger partial charge in [-0.3, -0.25) is 4.79 Å². The van der Waals surface area contributed by atoms with Gasteiger partial charge in [-0.2, -0.15) is 4.98 Å². The molecule has 1 saturated heterocycles. The molecule has 0 spiro atoms. The number of carbonyl (C=O) groups is 1. The number of hydrogen-bond acceptors (Lipinski definition) is 6. The Bertz CT molecular complexity index is 994. The number of morpholine rings is 1. The Labute approximate surface area is 164 Å². The topological polar surface area (TPSA) is 70.6 Å². The lowest BCUT2D eigenvalue weighted by atomic mass is 10.0. The summed E-state index contributed by atoms with van der Waals surface area (Å²) in [4.78, 5) is 26.1. The number of fused-ring (bicyclic) bond motifs is 1. The molecule has 1 amide bonds. The zero-order chi connectivity index (χ0) is 19.5. The van der Waals surface area contributed by atoms with Gasteiger partial charge in [-0.15, -0.1) is 0 Å². The Morgan fingerprint density at radius 3 is 2.64 bits per heavy atom. The molecule has 3 aromatic rings. The van der Waals surface area contributed by atoms with Crippen LogP contribution in [-0.2, 0) is 4.74 Å².